The summed E-state index contributed by atoms with van der Waals surface area (Å²) in [5.41, 5.74) is 2.44. The summed E-state index contributed by atoms with van der Waals surface area (Å²) in [6.45, 7) is 0.268. The predicted molar refractivity (Wildman–Crippen MR) is 100 cm³/mol. The molecular weight excluding hydrogens is 346 g/mol. The molecule has 0 atom stereocenters. The SMILES string of the molecule is COc1cc2c(cc1OC)CC(=O)N(CC(=O)NCc1ccccn1)C=C2. The lowest BCUT2D eigenvalue weighted by Gasteiger charge is -2.16. The van der Waals surface area contributed by atoms with Gasteiger partial charge >= 0.3 is 0 Å². The Morgan fingerprint density at radius 1 is 1.22 bits per heavy atom. The number of amides is 2. The van der Waals surface area contributed by atoms with Gasteiger partial charge in [-0.3, -0.25) is 14.6 Å². The second-order valence-electron chi connectivity index (χ2n) is 6.02. The number of fused-ring (bicyclic) bond motifs is 1. The second kappa shape index (κ2) is 8.35. The first kappa shape index (κ1) is 18.4. The van der Waals surface area contributed by atoms with E-state index in [9.17, 15) is 9.59 Å². The van der Waals surface area contributed by atoms with Gasteiger partial charge in [-0.15, -0.1) is 0 Å². The van der Waals surface area contributed by atoms with Gasteiger partial charge in [0.1, 0.15) is 6.54 Å². The molecule has 1 aromatic heterocycles. The van der Waals surface area contributed by atoms with E-state index in [-0.39, 0.29) is 24.8 Å². The first-order chi connectivity index (χ1) is 13.1. The van der Waals surface area contributed by atoms with Gasteiger partial charge in [0.15, 0.2) is 11.5 Å². The standard InChI is InChI=1S/C20H21N3O4/c1-26-17-9-14-6-8-23(20(25)11-15(14)10-18(17)27-2)13-19(24)22-12-16-5-3-4-7-21-16/h3-10H,11-13H2,1-2H3,(H,22,24). The average molecular weight is 367 g/mol. The lowest BCUT2D eigenvalue weighted by Crippen LogP contribution is -2.37. The van der Waals surface area contributed by atoms with Crippen LogP contribution in [0, 0.1) is 0 Å². The highest BCUT2D eigenvalue weighted by molar-refractivity contribution is 5.89. The molecule has 0 saturated carbocycles. The number of methoxy groups -OCH3 is 2. The highest BCUT2D eigenvalue weighted by atomic mass is 16.5. The first-order valence-corrected chi connectivity index (χ1v) is 8.50. The van der Waals surface area contributed by atoms with E-state index in [0.29, 0.717) is 18.0 Å². The molecule has 1 aliphatic rings. The maximum absolute atomic E-state index is 12.6. The number of benzene rings is 1. The van der Waals surface area contributed by atoms with Crippen molar-refractivity contribution >= 4 is 17.9 Å². The van der Waals surface area contributed by atoms with Gasteiger partial charge in [0.25, 0.3) is 0 Å². The third kappa shape index (κ3) is 4.44. The van der Waals surface area contributed by atoms with Gasteiger partial charge in [0, 0.05) is 12.4 Å². The minimum Gasteiger partial charge on any atom is -0.493 e. The maximum Gasteiger partial charge on any atom is 0.240 e. The zero-order valence-corrected chi connectivity index (χ0v) is 15.3. The Morgan fingerprint density at radius 2 is 2.00 bits per heavy atom. The molecule has 140 valence electrons. The molecule has 7 heteroatoms. The van der Waals surface area contributed by atoms with Gasteiger partial charge in [-0.2, -0.15) is 0 Å². The van der Waals surface area contributed by atoms with Crippen LogP contribution in [0.1, 0.15) is 16.8 Å². The van der Waals surface area contributed by atoms with E-state index >= 15 is 0 Å². The van der Waals surface area contributed by atoms with Crippen LogP contribution in [0.3, 0.4) is 0 Å². The van der Waals surface area contributed by atoms with Crippen LogP contribution >= 0.6 is 0 Å². The topological polar surface area (TPSA) is 80.8 Å². The van der Waals surface area contributed by atoms with Crippen molar-refractivity contribution in [3.05, 3.63) is 59.5 Å². The minimum absolute atomic E-state index is 0.0512. The lowest BCUT2D eigenvalue weighted by atomic mass is 10.0. The van der Waals surface area contributed by atoms with E-state index in [1.165, 1.54) is 4.90 Å². The summed E-state index contributed by atoms with van der Waals surface area (Å²) in [6, 6.07) is 9.11. The second-order valence-corrected chi connectivity index (χ2v) is 6.02. The summed E-state index contributed by atoms with van der Waals surface area (Å²) < 4.78 is 10.6. The number of nitrogens with zero attached hydrogens (tertiary/aromatic N) is 2. The molecule has 27 heavy (non-hydrogen) atoms. The molecule has 0 unspecified atom stereocenters. The molecule has 0 saturated heterocycles. The van der Waals surface area contributed by atoms with E-state index < -0.39 is 0 Å². The molecule has 3 rings (SSSR count). The number of hydrogen-bond acceptors (Lipinski definition) is 5. The molecule has 1 N–H and O–H groups in total. The van der Waals surface area contributed by atoms with Gasteiger partial charge in [-0.1, -0.05) is 6.07 Å². The monoisotopic (exact) mass is 367 g/mol. The Hall–Kier alpha value is -3.35. The van der Waals surface area contributed by atoms with Crippen molar-refractivity contribution in [2.75, 3.05) is 20.8 Å². The first-order valence-electron chi connectivity index (χ1n) is 8.50. The van der Waals surface area contributed by atoms with Crippen LogP contribution in [0.15, 0.2) is 42.7 Å². The molecule has 0 radical (unpaired) electrons. The molecule has 2 amide bonds. The number of rotatable bonds is 6. The predicted octanol–water partition coefficient (Wildman–Crippen LogP) is 1.77. The molecule has 0 bridgehead atoms. The van der Waals surface area contributed by atoms with E-state index in [1.54, 1.807) is 38.8 Å². The maximum atomic E-state index is 12.6. The highest BCUT2D eigenvalue weighted by Gasteiger charge is 2.21. The zero-order valence-electron chi connectivity index (χ0n) is 15.3. The van der Waals surface area contributed by atoms with Crippen LogP contribution in [0.5, 0.6) is 11.5 Å². The molecule has 2 aromatic rings. The third-order valence-corrected chi connectivity index (χ3v) is 4.25. The Balaban J connectivity index is 1.67. The summed E-state index contributed by atoms with van der Waals surface area (Å²) in [6.07, 6.45) is 5.27. The quantitative estimate of drug-likeness (QED) is 0.842. The van der Waals surface area contributed by atoms with Crippen molar-refractivity contribution in [1.29, 1.82) is 0 Å². The van der Waals surface area contributed by atoms with E-state index in [1.807, 2.05) is 24.3 Å². The summed E-state index contributed by atoms with van der Waals surface area (Å²) in [5.74, 6) is 0.749. The summed E-state index contributed by atoms with van der Waals surface area (Å²) in [7, 11) is 3.12. The fraction of sp³-hybridized carbons (Fsp3) is 0.250. The van der Waals surface area contributed by atoms with Crippen molar-refractivity contribution < 1.29 is 19.1 Å². The number of ether oxygens (including phenoxy) is 2. The van der Waals surface area contributed by atoms with Crippen LogP contribution in [0.2, 0.25) is 0 Å². The number of carbonyl (C=O) groups is 2. The molecule has 1 aliphatic heterocycles. The van der Waals surface area contributed by atoms with E-state index in [4.69, 9.17) is 9.47 Å². The van der Waals surface area contributed by atoms with Crippen LogP contribution in [-0.4, -0.2) is 42.5 Å². The number of carbonyl (C=O) groups excluding carboxylic acids is 2. The Labute approximate surface area is 157 Å². The average Bonchev–Trinajstić information content (AvgIpc) is 2.84. The van der Waals surface area contributed by atoms with Crippen molar-refractivity contribution in [3.8, 4) is 11.5 Å². The fourth-order valence-electron chi connectivity index (χ4n) is 2.81. The van der Waals surface area contributed by atoms with Crippen molar-refractivity contribution in [3.63, 3.8) is 0 Å². The molecule has 1 aromatic carbocycles. The van der Waals surface area contributed by atoms with Gasteiger partial charge in [0.2, 0.25) is 11.8 Å². The minimum atomic E-state index is -0.250. The Morgan fingerprint density at radius 3 is 2.70 bits per heavy atom. The van der Waals surface area contributed by atoms with Crippen LogP contribution in [0.4, 0.5) is 0 Å². The van der Waals surface area contributed by atoms with Crippen LogP contribution in [0.25, 0.3) is 6.08 Å². The van der Waals surface area contributed by atoms with Crippen molar-refractivity contribution in [1.82, 2.24) is 15.2 Å². The Kier molecular flexibility index (Phi) is 5.71. The molecule has 0 aliphatic carbocycles. The van der Waals surface area contributed by atoms with Gasteiger partial charge in [-0.25, -0.2) is 0 Å². The van der Waals surface area contributed by atoms with Gasteiger partial charge < -0.3 is 19.7 Å². The van der Waals surface area contributed by atoms with Gasteiger partial charge in [0.05, 0.1) is 32.9 Å². The normalized spacial score (nSPS) is 13.0. The number of pyridine rings is 1. The van der Waals surface area contributed by atoms with Crippen LogP contribution in [-0.2, 0) is 22.6 Å². The highest BCUT2D eigenvalue weighted by Crippen LogP contribution is 2.32. The summed E-state index contributed by atoms with van der Waals surface area (Å²) in [5, 5.41) is 2.78. The summed E-state index contributed by atoms with van der Waals surface area (Å²) in [4.78, 5) is 30.3. The number of nitrogens with one attached hydrogen (secondary N) is 1. The number of hydrogen-bond donors (Lipinski definition) is 1. The van der Waals surface area contributed by atoms with Crippen LogP contribution < -0.4 is 14.8 Å². The smallest absolute Gasteiger partial charge is 0.240 e. The summed E-state index contributed by atoms with van der Waals surface area (Å²) >= 11 is 0. The largest absolute Gasteiger partial charge is 0.493 e. The zero-order chi connectivity index (χ0) is 19.2. The molecule has 0 spiro atoms. The van der Waals surface area contributed by atoms with Crippen molar-refractivity contribution in [2.45, 2.75) is 13.0 Å². The third-order valence-electron chi connectivity index (χ3n) is 4.25. The molecule has 7 nitrogen and oxygen atoms in total. The Bertz CT molecular complexity index is 865. The molecule has 2 heterocycles. The number of aromatic nitrogens is 1. The van der Waals surface area contributed by atoms with Crippen molar-refractivity contribution in [2.24, 2.45) is 0 Å². The van der Waals surface area contributed by atoms with E-state index in [2.05, 4.69) is 10.3 Å². The lowest BCUT2D eigenvalue weighted by molar-refractivity contribution is -0.132. The fourth-order valence-corrected chi connectivity index (χ4v) is 2.81. The molecule has 0 fully saturated rings. The van der Waals surface area contributed by atoms with E-state index in [0.717, 1.165) is 16.8 Å². The van der Waals surface area contributed by atoms with Gasteiger partial charge in [-0.05, 0) is 41.5 Å². The molecular formula is C20H21N3O4.